The van der Waals surface area contributed by atoms with Crippen molar-refractivity contribution in [3.8, 4) is 0 Å². The van der Waals surface area contributed by atoms with Crippen LogP contribution < -0.4 is 10.2 Å². The Bertz CT molecular complexity index is 2690. The molecule has 4 aliphatic rings. The molecular weight excluding hydrogens is 829 g/mol. The third-order valence-electron chi connectivity index (χ3n) is 11.1. The molecule has 1 N–H and O–H groups in total. The molecule has 0 amide bonds. The predicted octanol–water partition coefficient (Wildman–Crippen LogP) is 14.4. The van der Waals surface area contributed by atoms with Crippen molar-refractivity contribution in [2.75, 3.05) is 11.4 Å². The number of hydrogen-bond acceptors (Lipinski definition) is 6. The maximum Gasteiger partial charge on any atom is 0.151 e. The molecule has 2 atom stereocenters. The van der Waals surface area contributed by atoms with Gasteiger partial charge in [-0.2, -0.15) is 0 Å². The van der Waals surface area contributed by atoms with Crippen LogP contribution in [0.5, 0.6) is 0 Å². The van der Waals surface area contributed by atoms with E-state index in [4.69, 9.17) is 0 Å². The summed E-state index contributed by atoms with van der Waals surface area (Å²) in [5.41, 5.74) is 11.9. The fourth-order valence-electron chi connectivity index (χ4n) is 7.49. The maximum atomic E-state index is 13.0. The van der Waals surface area contributed by atoms with Gasteiger partial charge < -0.3 is 10.2 Å². The number of fused-ring (bicyclic) bond motifs is 1. The number of thioether (sulfide) groups is 2. The molecule has 3 aromatic rings. The van der Waals surface area contributed by atoms with Crippen molar-refractivity contribution >= 4 is 57.4 Å². The lowest BCUT2D eigenvalue weighted by Gasteiger charge is -2.36. The van der Waals surface area contributed by atoms with Crippen LogP contribution in [0.2, 0.25) is 0 Å². The molecule has 1 aliphatic heterocycles. The summed E-state index contributed by atoms with van der Waals surface area (Å²) in [5, 5.41) is 3.49. The molecule has 318 valence electrons. The Morgan fingerprint density at radius 3 is 2.65 bits per heavy atom. The summed E-state index contributed by atoms with van der Waals surface area (Å²) in [5.74, 6) is 0.733. The number of allylic oxidation sites excluding steroid dienone is 20. The van der Waals surface area contributed by atoms with Crippen LogP contribution in [0.4, 0.5) is 5.69 Å². The summed E-state index contributed by atoms with van der Waals surface area (Å²) in [6, 6.07) is 21.4. The topological polar surface area (TPSA) is 49.4 Å². The largest absolute Gasteiger partial charge is 0.382 e. The van der Waals surface area contributed by atoms with Crippen molar-refractivity contribution in [1.82, 2.24) is 5.32 Å². The fourth-order valence-corrected chi connectivity index (χ4v) is 10.8. The minimum atomic E-state index is -1.25. The number of nitrogens with zero attached hydrogens (tertiary/aromatic N) is 1. The van der Waals surface area contributed by atoms with E-state index < -0.39 is 10.8 Å². The van der Waals surface area contributed by atoms with Gasteiger partial charge in [0.25, 0.3) is 0 Å². The zero-order valence-electron chi connectivity index (χ0n) is 36.3. The van der Waals surface area contributed by atoms with Gasteiger partial charge in [-0.3, -0.25) is 4.79 Å². The van der Waals surface area contributed by atoms with E-state index in [2.05, 4.69) is 147 Å². The predicted molar refractivity (Wildman–Crippen MR) is 274 cm³/mol. The fraction of sp³-hybridized carbons (Fsp3) is 0.161. The van der Waals surface area contributed by atoms with Crippen LogP contribution in [0.15, 0.2) is 225 Å². The van der Waals surface area contributed by atoms with E-state index in [-0.39, 0.29) is 6.04 Å². The zero-order valence-corrected chi connectivity index (χ0v) is 38.7. The average molecular weight is 883 g/mol. The van der Waals surface area contributed by atoms with E-state index in [1.165, 1.54) is 43.4 Å². The van der Waals surface area contributed by atoms with Crippen molar-refractivity contribution in [2.45, 2.75) is 61.6 Å². The lowest BCUT2D eigenvalue weighted by atomic mass is 9.98. The van der Waals surface area contributed by atoms with Crippen LogP contribution in [-0.4, -0.2) is 23.1 Å². The summed E-state index contributed by atoms with van der Waals surface area (Å²) >= 11 is 3.51. The highest BCUT2D eigenvalue weighted by Crippen LogP contribution is 2.46. The van der Waals surface area contributed by atoms with E-state index in [9.17, 15) is 9.00 Å². The summed E-state index contributed by atoms with van der Waals surface area (Å²) in [6.45, 7) is 15.5. The Balaban J connectivity index is 0.967. The van der Waals surface area contributed by atoms with Crippen molar-refractivity contribution < 1.29 is 9.00 Å². The van der Waals surface area contributed by atoms with Gasteiger partial charge in [0.15, 0.2) is 6.29 Å². The number of benzene rings is 3. The van der Waals surface area contributed by atoms with Crippen LogP contribution >= 0.6 is 23.5 Å². The highest BCUT2D eigenvalue weighted by molar-refractivity contribution is 8.03. The number of carbonyl (C=O) groups is 1. The molecule has 7 heteroatoms. The molecule has 0 radical (unpaired) electrons. The molecule has 0 saturated carbocycles. The number of carbonyl (C=O) groups excluding carboxylic acids is 1. The van der Waals surface area contributed by atoms with Crippen molar-refractivity contribution in [3.63, 3.8) is 0 Å². The van der Waals surface area contributed by atoms with Crippen molar-refractivity contribution in [3.05, 3.63) is 243 Å². The number of rotatable bonds is 16. The van der Waals surface area contributed by atoms with E-state index in [1.54, 1.807) is 11.8 Å². The lowest BCUT2D eigenvalue weighted by molar-refractivity contribution is 0.112. The van der Waals surface area contributed by atoms with E-state index >= 15 is 0 Å². The van der Waals surface area contributed by atoms with Crippen molar-refractivity contribution in [2.24, 2.45) is 0 Å². The SMILES string of the molecule is C=C(/C=C\C(C)N1C2=C(C=CCC=C2)Sc2ccccc21)c1ccc(C=O)c(SCc2cc(C3=CC=C(NC/C=C\C=C/C(=C)S(=O)C4=C(C)C=CC=CC4)C=CC3)ccc2C)c1. The Morgan fingerprint density at radius 2 is 1.78 bits per heavy atom. The van der Waals surface area contributed by atoms with Gasteiger partial charge in [-0.15, -0.1) is 11.8 Å². The summed E-state index contributed by atoms with van der Waals surface area (Å²) in [6.07, 6.45) is 40.9. The van der Waals surface area contributed by atoms with Gasteiger partial charge in [0.1, 0.15) is 0 Å². The number of hydrogen-bond donors (Lipinski definition) is 1. The summed E-state index contributed by atoms with van der Waals surface area (Å²) < 4.78 is 13.0. The molecule has 3 aliphatic carbocycles. The molecule has 0 saturated heterocycles. The minimum absolute atomic E-state index is 0.0814. The molecule has 2 unspecified atom stereocenters. The number of anilines is 1. The number of aryl methyl sites for hydroxylation is 1. The second-order valence-electron chi connectivity index (χ2n) is 15.6. The zero-order chi connectivity index (χ0) is 44.1. The van der Waals surface area contributed by atoms with Gasteiger partial charge in [0, 0.05) is 54.1 Å². The second kappa shape index (κ2) is 22.0. The van der Waals surface area contributed by atoms with Crippen LogP contribution in [0.3, 0.4) is 0 Å². The molecule has 1 heterocycles. The van der Waals surface area contributed by atoms with E-state index in [0.29, 0.717) is 23.4 Å². The molecule has 0 aromatic heterocycles. The molecule has 0 spiro atoms. The van der Waals surface area contributed by atoms with Gasteiger partial charge in [0.2, 0.25) is 0 Å². The standard InChI is InChI=1S/C56H54N2O2S3/c1-40(27-29-43(4)58-51-22-11-7-12-24-53(51)62-54-25-15-14-23-52(54)58)46-31-32-48(38-59)55(37-46)61-39-49-36-47(30-28-41(49)2)45-20-17-21-50(34-33-45)57-35-16-8-10-19-44(5)63(60)56-26-13-6-9-18-42(56)3/h6,8-19,21-25,27-34,36-38,43,57H,1,5,7,20,26,35,39H2,2-4H3/b16-8-,19-10-,29-27-. The minimum Gasteiger partial charge on any atom is -0.382 e. The molecule has 3 aromatic carbocycles. The first-order chi connectivity index (χ1) is 30.7. The molecule has 0 bridgehead atoms. The van der Waals surface area contributed by atoms with Gasteiger partial charge in [0.05, 0.1) is 22.2 Å². The Labute approximate surface area is 385 Å². The number of nitrogens with one attached hydrogen (secondary N) is 1. The Kier molecular flexibility index (Phi) is 15.8. The molecule has 4 nitrogen and oxygen atoms in total. The smallest absolute Gasteiger partial charge is 0.151 e. The highest BCUT2D eigenvalue weighted by atomic mass is 32.2. The number of aldehydes is 1. The number of para-hydroxylation sites is 1. The average Bonchev–Trinajstić information content (AvgIpc) is 3.79. The third-order valence-corrected chi connectivity index (χ3v) is 14.9. The molecule has 0 fully saturated rings. The van der Waals surface area contributed by atoms with Crippen LogP contribution in [0.25, 0.3) is 11.1 Å². The third kappa shape index (κ3) is 11.6. The maximum absolute atomic E-state index is 13.0. The van der Waals surface area contributed by atoms with Crippen LogP contribution in [-0.2, 0) is 16.6 Å². The summed E-state index contributed by atoms with van der Waals surface area (Å²) in [4.78, 5) is 19.6. The lowest BCUT2D eigenvalue weighted by Crippen LogP contribution is -2.32. The Morgan fingerprint density at radius 1 is 0.921 bits per heavy atom. The van der Waals surface area contributed by atoms with Gasteiger partial charge in [-0.25, -0.2) is 4.21 Å². The van der Waals surface area contributed by atoms with Gasteiger partial charge in [-0.05, 0) is 134 Å². The van der Waals surface area contributed by atoms with Crippen LogP contribution in [0.1, 0.15) is 65.7 Å². The monoisotopic (exact) mass is 882 g/mol. The van der Waals surface area contributed by atoms with Crippen LogP contribution in [0, 0.1) is 6.92 Å². The first-order valence-electron chi connectivity index (χ1n) is 21.3. The van der Waals surface area contributed by atoms with E-state index in [0.717, 1.165) is 57.1 Å². The molecule has 7 rings (SSSR count). The summed E-state index contributed by atoms with van der Waals surface area (Å²) in [7, 11) is -1.25. The second-order valence-corrected chi connectivity index (χ2v) is 19.2. The van der Waals surface area contributed by atoms with Gasteiger partial charge >= 0.3 is 0 Å². The van der Waals surface area contributed by atoms with Gasteiger partial charge in [-0.1, -0.05) is 140 Å². The highest BCUT2D eigenvalue weighted by Gasteiger charge is 2.26. The van der Waals surface area contributed by atoms with Crippen molar-refractivity contribution in [1.29, 1.82) is 0 Å². The first kappa shape index (κ1) is 45.2. The van der Waals surface area contributed by atoms with E-state index in [1.807, 2.05) is 79.4 Å². The molecular formula is C56H54N2O2S3. The quantitative estimate of drug-likeness (QED) is 0.0879. The molecule has 63 heavy (non-hydrogen) atoms. The normalized spacial score (nSPS) is 17.0. The Hall–Kier alpha value is -5.86. The first-order valence-corrected chi connectivity index (χ1v) is 24.3.